The molecule has 0 saturated heterocycles. The van der Waals surface area contributed by atoms with Crippen molar-refractivity contribution in [3.8, 4) is 0 Å². The number of nitrogens with one attached hydrogen (secondary N) is 1. The Bertz CT molecular complexity index is 687. The average molecular weight is 299 g/mol. The van der Waals surface area contributed by atoms with Crippen molar-refractivity contribution in [3.05, 3.63) is 65.6 Å². The summed E-state index contributed by atoms with van der Waals surface area (Å²) in [5.74, 6) is -0.598. The third-order valence-corrected chi connectivity index (χ3v) is 3.01. The first-order valence-electron chi connectivity index (χ1n) is 6.85. The van der Waals surface area contributed by atoms with E-state index >= 15 is 0 Å². The summed E-state index contributed by atoms with van der Waals surface area (Å²) >= 11 is 0. The van der Waals surface area contributed by atoms with E-state index in [2.05, 4.69) is 5.32 Å². The zero-order chi connectivity index (χ0) is 15.9. The minimum Gasteiger partial charge on any atom is -0.459 e. The van der Waals surface area contributed by atoms with E-state index in [0.29, 0.717) is 11.3 Å². The summed E-state index contributed by atoms with van der Waals surface area (Å²) in [5.41, 5.74) is 1.76. The molecule has 0 aliphatic heterocycles. The Morgan fingerprint density at radius 3 is 2.82 bits per heavy atom. The smallest absolute Gasteiger partial charge is 0.338 e. The number of rotatable bonds is 5. The predicted molar refractivity (Wildman–Crippen MR) is 82.9 cm³/mol. The van der Waals surface area contributed by atoms with E-state index in [1.54, 1.807) is 42.5 Å². The van der Waals surface area contributed by atoms with Gasteiger partial charge in [0, 0.05) is 5.69 Å². The van der Waals surface area contributed by atoms with E-state index in [0.717, 1.165) is 5.56 Å². The highest BCUT2D eigenvalue weighted by Crippen LogP contribution is 2.19. The molecule has 1 N–H and O–H groups in total. The number of hydrogen-bond acceptors (Lipinski definition) is 4. The topological polar surface area (TPSA) is 68.5 Å². The normalized spacial score (nSPS) is 10.6. The van der Waals surface area contributed by atoms with Crippen LogP contribution in [0.2, 0.25) is 0 Å². The Balaban J connectivity index is 2.13. The lowest BCUT2D eigenvalue weighted by Gasteiger charge is -2.09. The van der Waals surface area contributed by atoms with E-state index in [9.17, 15) is 9.59 Å². The lowest BCUT2D eigenvalue weighted by Crippen LogP contribution is -2.13. The van der Waals surface area contributed by atoms with Crippen LogP contribution in [0, 0.1) is 6.92 Å². The quantitative estimate of drug-likeness (QED) is 0.677. The first kappa shape index (κ1) is 15.6. The summed E-state index contributed by atoms with van der Waals surface area (Å²) in [4.78, 5) is 23.9. The van der Waals surface area contributed by atoms with Gasteiger partial charge in [0.25, 0.3) is 5.91 Å². The van der Waals surface area contributed by atoms with E-state index in [-0.39, 0.29) is 18.3 Å². The number of carbonyl (C=O) groups is 2. The largest absolute Gasteiger partial charge is 0.459 e. The van der Waals surface area contributed by atoms with Gasteiger partial charge in [0.05, 0.1) is 11.8 Å². The molecular formula is C17H17NO4. The van der Waals surface area contributed by atoms with Gasteiger partial charge in [-0.3, -0.25) is 4.79 Å². The summed E-state index contributed by atoms with van der Waals surface area (Å²) in [6, 6.07) is 8.21. The van der Waals surface area contributed by atoms with E-state index in [1.165, 1.54) is 6.26 Å². The molecule has 114 valence electrons. The van der Waals surface area contributed by atoms with Gasteiger partial charge in [-0.2, -0.15) is 0 Å². The highest BCUT2D eigenvalue weighted by Gasteiger charge is 2.13. The van der Waals surface area contributed by atoms with Crippen LogP contribution in [0.1, 0.15) is 33.4 Å². The van der Waals surface area contributed by atoms with E-state index in [1.807, 2.05) is 13.8 Å². The minimum absolute atomic E-state index is 0.209. The van der Waals surface area contributed by atoms with Crippen LogP contribution in [0.4, 0.5) is 5.69 Å². The maximum atomic E-state index is 12.0. The first-order chi connectivity index (χ1) is 10.6. The van der Waals surface area contributed by atoms with Gasteiger partial charge in [-0.25, -0.2) is 4.79 Å². The molecule has 5 nitrogen and oxygen atoms in total. The van der Waals surface area contributed by atoms with Crippen molar-refractivity contribution in [3.63, 3.8) is 0 Å². The standard InChI is InChI=1S/C17H17NO4/c1-3-4-9-22-17(20)13-8-7-12(2)14(11-13)18-16(19)15-6-5-10-21-15/h3-8,10-11H,9H2,1-2H3,(H,18,19)/b4-3+. The zero-order valence-electron chi connectivity index (χ0n) is 12.5. The number of anilines is 1. The summed E-state index contributed by atoms with van der Waals surface area (Å²) in [6.45, 7) is 3.91. The van der Waals surface area contributed by atoms with Crippen molar-refractivity contribution in [2.75, 3.05) is 11.9 Å². The first-order valence-corrected chi connectivity index (χ1v) is 6.85. The number of ether oxygens (including phenoxy) is 1. The molecule has 2 rings (SSSR count). The third kappa shape index (κ3) is 3.85. The molecule has 0 fully saturated rings. The highest BCUT2D eigenvalue weighted by molar-refractivity contribution is 6.03. The minimum atomic E-state index is -0.438. The van der Waals surface area contributed by atoms with Gasteiger partial charge in [0.15, 0.2) is 5.76 Å². The fourth-order valence-corrected chi connectivity index (χ4v) is 1.78. The number of furan rings is 1. The molecule has 22 heavy (non-hydrogen) atoms. The summed E-state index contributed by atoms with van der Waals surface area (Å²) in [6.07, 6.45) is 4.97. The van der Waals surface area contributed by atoms with Crippen LogP contribution in [0.3, 0.4) is 0 Å². The van der Waals surface area contributed by atoms with Gasteiger partial charge in [-0.15, -0.1) is 0 Å². The van der Waals surface area contributed by atoms with Gasteiger partial charge in [0.2, 0.25) is 0 Å². The molecule has 1 heterocycles. The molecule has 0 aliphatic carbocycles. The van der Waals surface area contributed by atoms with E-state index < -0.39 is 5.97 Å². The van der Waals surface area contributed by atoms with Crippen LogP contribution < -0.4 is 5.32 Å². The van der Waals surface area contributed by atoms with Crippen molar-refractivity contribution in [1.82, 2.24) is 0 Å². The maximum Gasteiger partial charge on any atom is 0.338 e. The van der Waals surface area contributed by atoms with Crippen LogP contribution in [0.15, 0.2) is 53.2 Å². The van der Waals surface area contributed by atoms with Crippen LogP contribution in [0.5, 0.6) is 0 Å². The van der Waals surface area contributed by atoms with E-state index in [4.69, 9.17) is 9.15 Å². The molecular weight excluding hydrogens is 282 g/mol. The zero-order valence-corrected chi connectivity index (χ0v) is 12.5. The van der Waals surface area contributed by atoms with Crippen LogP contribution in [0.25, 0.3) is 0 Å². The molecule has 0 atom stereocenters. The second-order valence-corrected chi connectivity index (χ2v) is 4.63. The third-order valence-electron chi connectivity index (χ3n) is 3.01. The number of aryl methyl sites for hydroxylation is 1. The van der Waals surface area contributed by atoms with Crippen molar-refractivity contribution in [1.29, 1.82) is 0 Å². The molecule has 0 saturated carbocycles. The Kier molecular flexibility index (Phi) is 5.14. The fourth-order valence-electron chi connectivity index (χ4n) is 1.78. The van der Waals surface area contributed by atoms with Crippen LogP contribution >= 0.6 is 0 Å². The molecule has 0 radical (unpaired) electrons. The monoisotopic (exact) mass is 299 g/mol. The number of esters is 1. The van der Waals surface area contributed by atoms with Gasteiger partial charge >= 0.3 is 5.97 Å². The van der Waals surface area contributed by atoms with Crippen LogP contribution in [-0.4, -0.2) is 18.5 Å². The Morgan fingerprint density at radius 1 is 1.32 bits per heavy atom. The van der Waals surface area contributed by atoms with Gasteiger partial charge in [0.1, 0.15) is 6.61 Å². The van der Waals surface area contributed by atoms with Crippen molar-refractivity contribution in [2.45, 2.75) is 13.8 Å². The molecule has 0 unspecified atom stereocenters. The summed E-state index contributed by atoms with van der Waals surface area (Å²) in [5, 5.41) is 2.72. The second kappa shape index (κ2) is 7.26. The number of allylic oxidation sites excluding steroid dienone is 1. The summed E-state index contributed by atoms with van der Waals surface area (Å²) in [7, 11) is 0. The lowest BCUT2D eigenvalue weighted by molar-refractivity contribution is 0.0549. The number of amides is 1. The summed E-state index contributed by atoms with van der Waals surface area (Å²) < 4.78 is 10.1. The number of hydrogen-bond donors (Lipinski definition) is 1. The predicted octanol–water partition coefficient (Wildman–Crippen LogP) is 3.57. The number of carbonyl (C=O) groups excluding carboxylic acids is 2. The second-order valence-electron chi connectivity index (χ2n) is 4.63. The molecule has 2 aromatic rings. The Morgan fingerprint density at radius 2 is 2.14 bits per heavy atom. The molecule has 1 amide bonds. The van der Waals surface area contributed by atoms with Gasteiger partial charge in [-0.05, 0) is 43.7 Å². The van der Waals surface area contributed by atoms with Crippen molar-refractivity contribution < 1.29 is 18.7 Å². The molecule has 0 bridgehead atoms. The fraction of sp³-hybridized carbons (Fsp3) is 0.176. The lowest BCUT2D eigenvalue weighted by atomic mass is 10.1. The van der Waals surface area contributed by atoms with Gasteiger partial charge < -0.3 is 14.5 Å². The van der Waals surface area contributed by atoms with Crippen molar-refractivity contribution >= 4 is 17.6 Å². The molecule has 0 aliphatic rings. The molecule has 1 aromatic heterocycles. The highest BCUT2D eigenvalue weighted by atomic mass is 16.5. The number of benzene rings is 1. The van der Waals surface area contributed by atoms with Gasteiger partial charge in [-0.1, -0.05) is 18.2 Å². The SMILES string of the molecule is C/C=C/COC(=O)c1ccc(C)c(NC(=O)c2ccco2)c1. The molecule has 5 heteroatoms. The van der Waals surface area contributed by atoms with Crippen LogP contribution in [-0.2, 0) is 4.74 Å². The molecule has 1 aromatic carbocycles. The Labute approximate surface area is 128 Å². The van der Waals surface area contributed by atoms with Crippen molar-refractivity contribution in [2.24, 2.45) is 0 Å². The molecule has 0 spiro atoms. The average Bonchev–Trinajstić information content (AvgIpc) is 3.04. The maximum absolute atomic E-state index is 12.0. The Hall–Kier alpha value is -2.82.